The molecular weight excluding hydrogens is 429 g/mol. The maximum absolute atomic E-state index is 12.6. The number of ether oxygens (including phenoxy) is 1. The van der Waals surface area contributed by atoms with Gasteiger partial charge in [-0.25, -0.2) is 4.68 Å². The Morgan fingerprint density at radius 1 is 1.10 bits per heavy atom. The number of amides is 2. The van der Waals surface area contributed by atoms with Crippen molar-refractivity contribution in [1.29, 1.82) is 0 Å². The van der Waals surface area contributed by atoms with Crippen LogP contribution in [0.5, 0.6) is 5.75 Å². The highest BCUT2D eigenvalue weighted by atomic mass is 35.5. The number of hydrogen-bond acceptors (Lipinski definition) is 5. The van der Waals surface area contributed by atoms with Gasteiger partial charge in [-0.2, -0.15) is 0 Å². The van der Waals surface area contributed by atoms with Crippen molar-refractivity contribution in [3.05, 3.63) is 63.4 Å². The molecule has 8 nitrogen and oxygen atoms in total. The van der Waals surface area contributed by atoms with E-state index in [2.05, 4.69) is 20.9 Å². The fraction of sp³-hybridized carbons (Fsp3) is 0.200. The van der Waals surface area contributed by atoms with Gasteiger partial charge in [0.25, 0.3) is 5.91 Å². The quantitative estimate of drug-likeness (QED) is 0.592. The second-order valence-corrected chi connectivity index (χ2v) is 7.26. The molecule has 0 radical (unpaired) electrons. The van der Waals surface area contributed by atoms with Gasteiger partial charge in [0, 0.05) is 16.4 Å². The first-order valence-corrected chi connectivity index (χ1v) is 9.65. The molecule has 0 spiro atoms. The molecule has 2 N–H and O–H groups in total. The average Bonchev–Trinajstić information content (AvgIpc) is 3.06. The van der Waals surface area contributed by atoms with E-state index in [0.717, 1.165) is 5.56 Å². The summed E-state index contributed by atoms with van der Waals surface area (Å²) in [4.78, 5) is 25.0. The van der Waals surface area contributed by atoms with Gasteiger partial charge in [0.2, 0.25) is 5.91 Å². The Bertz CT molecular complexity index is 1110. The van der Waals surface area contributed by atoms with Crippen molar-refractivity contribution in [3.63, 3.8) is 0 Å². The predicted octanol–water partition coefficient (Wildman–Crippen LogP) is 4.10. The van der Waals surface area contributed by atoms with E-state index in [1.54, 1.807) is 50.2 Å². The number of methoxy groups -OCH3 is 1. The van der Waals surface area contributed by atoms with E-state index >= 15 is 0 Å². The number of carbonyl (C=O) groups excluding carboxylic acids is 2. The molecule has 1 heterocycles. The summed E-state index contributed by atoms with van der Waals surface area (Å²) in [5.74, 6) is -0.277. The Morgan fingerprint density at radius 3 is 2.57 bits per heavy atom. The van der Waals surface area contributed by atoms with E-state index in [-0.39, 0.29) is 18.1 Å². The number of nitrogens with one attached hydrogen (secondary N) is 2. The molecule has 30 heavy (non-hydrogen) atoms. The third-order valence-corrected chi connectivity index (χ3v) is 5.15. The van der Waals surface area contributed by atoms with Gasteiger partial charge < -0.3 is 15.4 Å². The maximum atomic E-state index is 12.6. The van der Waals surface area contributed by atoms with Crippen LogP contribution in [0.4, 0.5) is 11.4 Å². The van der Waals surface area contributed by atoms with Crippen molar-refractivity contribution >= 4 is 46.4 Å². The highest BCUT2D eigenvalue weighted by Gasteiger charge is 2.19. The van der Waals surface area contributed by atoms with E-state index < -0.39 is 5.91 Å². The van der Waals surface area contributed by atoms with Crippen molar-refractivity contribution in [1.82, 2.24) is 15.0 Å². The summed E-state index contributed by atoms with van der Waals surface area (Å²) in [6, 6.07) is 10.1. The molecule has 0 unspecified atom stereocenters. The van der Waals surface area contributed by atoms with Crippen LogP contribution in [0.2, 0.25) is 10.0 Å². The number of aromatic nitrogens is 3. The first kappa shape index (κ1) is 21.6. The molecule has 0 aliphatic carbocycles. The summed E-state index contributed by atoms with van der Waals surface area (Å²) in [5, 5.41) is 14.2. The monoisotopic (exact) mass is 447 g/mol. The lowest BCUT2D eigenvalue weighted by Gasteiger charge is -2.09. The van der Waals surface area contributed by atoms with Crippen LogP contribution in [0.1, 0.15) is 21.7 Å². The Balaban J connectivity index is 1.68. The second-order valence-electron chi connectivity index (χ2n) is 6.45. The molecule has 0 fully saturated rings. The third-order valence-electron chi connectivity index (χ3n) is 4.44. The molecule has 10 heteroatoms. The number of carbonyl (C=O) groups is 2. The summed E-state index contributed by atoms with van der Waals surface area (Å²) in [6.45, 7) is 3.35. The second kappa shape index (κ2) is 9.15. The van der Waals surface area contributed by atoms with E-state index in [1.165, 1.54) is 11.8 Å². The van der Waals surface area contributed by atoms with E-state index in [4.69, 9.17) is 27.9 Å². The van der Waals surface area contributed by atoms with Crippen molar-refractivity contribution in [3.8, 4) is 5.75 Å². The number of halogens is 2. The van der Waals surface area contributed by atoms with Gasteiger partial charge in [-0.05, 0) is 49.7 Å². The first-order valence-electron chi connectivity index (χ1n) is 8.90. The summed E-state index contributed by atoms with van der Waals surface area (Å²) in [5.41, 5.74) is 2.41. The van der Waals surface area contributed by atoms with Gasteiger partial charge in [0.15, 0.2) is 5.69 Å². The molecule has 0 saturated heterocycles. The first-order chi connectivity index (χ1) is 14.3. The number of benzene rings is 2. The molecule has 2 aromatic carbocycles. The summed E-state index contributed by atoms with van der Waals surface area (Å²) < 4.78 is 6.43. The fourth-order valence-corrected chi connectivity index (χ4v) is 3.16. The van der Waals surface area contributed by atoms with E-state index in [1.807, 2.05) is 0 Å². The maximum Gasteiger partial charge on any atom is 0.278 e. The minimum absolute atomic E-state index is 0.119. The molecule has 0 aliphatic rings. The van der Waals surface area contributed by atoms with Crippen molar-refractivity contribution < 1.29 is 14.3 Å². The average molecular weight is 448 g/mol. The van der Waals surface area contributed by atoms with Crippen LogP contribution in [0.15, 0.2) is 36.4 Å². The molecule has 3 rings (SSSR count). The van der Waals surface area contributed by atoms with Crippen LogP contribution in [0, 0.1) is 13.8 Å². The smallest absolute Gasteiger partial charge is 0.278 e. The lowest BCUT2D eigenvalue weighted by molar-refractivity contribution is -0.117. The minimum atomic E-state index is -0.438. The number of anilines is 2. The molecule has 0 atom stereocenters. The van der Waals surface area contributed by atoms with Gasteiger partial charge in [-0.1, -0.05) is 34.5 Å². The zero-order valence-corrected chi connectivity index (χ0v) is 18.0. The summed E-state index contributed by atoms with van der Waals surface area (Å²) >= 11 is 12.2. The lowest BCUT2D eigenvalue weighted by atomic mass is 10.2. The largest absolute Gasteiger partial charge is 0.495 e. The Kier molecular flexibility index (Phi) is 6.59. The van der Waals surface area contributed by atoms with Crippen molar-refractivity contribution in [2.75, 3.05) is 17.7 Å². The topological polar surface area (TPSA) is 98.1 Å². The van der Waals surface area contributed by atoms with Crippen LogP contribution in [0.3, 0.4) is 0 Å². The fourth-order valence-electron chi connectivity index (χ4n) is 2.73. The SMILES string of the molecule is COc1ccc(NC(=O)Cn2nnc(C(=O)Nc3cccc(Cl)c3C)c2C)cc1Cl. The molecule has 0 bridgehead atoms. The van der Waals surface area contributed by atoms with Gasteiger partial charge in [0.05, 0.1) is 17.8 Å². The Labute approximate surface area is 183 Å². The summed E-state index contributed by atoms with van der Waals surface area (Å²) in [7, 11) is 1.51. The molecule has 0 aliphatic heterocycles. The van der Waals surface area contributed by atoms with E-state index in [9.17, 15) is 9.59 Å². The molecule has 1 aromatic heterocycles. The van der Waals surface area contributed by atoms with Gasteiger partial charge in [-0.3, -0.25) is 9.59 Å². The molecule has 2 amide bonds. The highest BCUT2D eigenvalue weighted by molar-refractivity contribution is 6.32. The van der Waals surface area contributed by atoms with Gasteiger partial charge in [0.1, 0.15) is 12.3 Å². The zero-order valence-electron chi connectivity index (χ0n) is 16.5. The predicted molar refractivity (Wildman–Crippen MR) is 116 cm³/mol. The van der Waals surface area contributed by atoms with Crippen LogP contribution in [-0.2, 0) is 11.3 Å². The van der Waals surface area contributed by atoms with Crippen LogP contribution < -0.4 is 15.4 Å². The van der Waals surface area contributed by atoms with Crippen LogP contribution in [-0.4, -0.2) is 33.9 Å². The molecule has 156 valence electrons. The molecule has 0 saturated carbocycles. The lowest BCUT2D eigenvalue weighted by Crippen LogP contribution is -2.21. The minimum Gasteiger partial charge on any atom is -0.495 e. The van der Waals surface area contributed by atoms with Crippen molar-refractivity contribution in [2.24, 2.45) is 0 Å². The molecule has 3 aromatic rings. The third kappa shape index (κ3) is 4.72. The van der Waals surface area contributed by atoms with Crippen LogP contribution >= 0.6 is 23.2 Å². The van der Waals surface area contributed by atoms with E-state index in [0.29, 0.717) is 32.9 Å². The normalized spacial score (nSPS) is 10.6. The number of rotatable bonds is 6. The summed E-state index contributed by atoms with van der Waals surface area (Å²) in [6.07, 6.45) is 0. The Hall–Kier alpha value is -3.10. The highest BCUT2D eigenvalue weighted by Crippen LogP contribution is 2.27. The molecular formula is C20H19Cl2N5O3. The number of nitrogens with zero attached hydrogens (tertiary/aromatic N) is 3. The Morgan fingerprint density at radius 2 is 1.87 bits per heavy atom. The van der Waals surface area contributed by atoms with Crippen LogP contribution in [0.25, 0.3) is 0 Å². The zero-order chi connectivity index (χ0) is 21.8. The van der Waals surface area contributed by atoms with Gasteiger partial charge >= 0.3 is 0 Å². The van der Waals surface area contributed by atoms with Crippen molar-refractivity contribution in [2.45, 2.75) is 20.4 Å². The standard InChI is InChI=1S/C20H19Cl2N5O3/c1-11-14(21)5-4-6-16(11)24-20(29)19-12(2)27(26-25-19)10-18(28)23-13-7-8-17(30-3)15(22)9-13/h4-9H,10H2,1-3H3,(H,23,28)(H,24,29). The van der Waals surface area contributed by atoms with Gasteiger partial charge in [-0.15, -0.1) is 5.10 Å². The number of hydrogen-bond donors (Lipinski definition) is 2.